The number of rotatable bonds is 3. The third-order valence-electron chi connectivity index (χ3n) is 3.09. The van der Waals surface area contributed by atoms with E-state index in [1.165, 1.54) is 4.68 Å². The van der Waals surface area contributed by atoms with Crippen molar-refractivity contribution in [2.75, 3.05) is 6.54 Å². The van der Waals surface area contributed by atoms with Crippen LogP contribution in [0.5, 0.6) is 0 Å². The molecule has 0 aromatic carbocycles. The second-order valence-corrected chi connectivity index (χ2v) is 4.31. The molecule has 1 saturated carbocycles. The van der Waals surface area contributed by atoms with E-state index < -0.39 is 0 Å². The summed E-state index contributed by atoms with van der Waals surface area (Å²) in [7, 11) is 1.72. The molecule has 0 spiro atoms. The van der Waals surface area contributed by atoms with Gasteiger partial charge >= 0.3 is 0 Å². The smallest absolute Gasteiger partial charge is 0.277 e. The topological polar surface area (TPSA) is 74.8 Å². The van der Waals surface area contributed by atoms with E-state index >= 15 is 0 Å². The van der Waals surface area contributed by atoms with Gasteiger partial charge in [0.05, 0.1) is 12.3 Å². The molecular weight excluding hydrogens is 218 g/mol. The second-order valence-electron chi connectivity index (χ2n) is 4.31. The minimum absolute atomic E-state index is 0.125. The van der Waals surface area contributed by atoms with Gasteiger partial charge in [-0.05, 0) is 12.8 Å². The van der Waals surface area contributed by atoms with Gasteiger partial charge in [-0.3, -0.25) is 9.48 Å². The van der Waals surface area contributed by atoms with Crippen molar-refractivity contribution in [3.63, 3.8) is 0 Å². The molecule has 1 aliphatic rings. The first kappa shape index (κ1) is 11.6. The van der Waals surface area contributed by atoms with Gasteiger partial charge in [0.15, 0.2) is 5.69 Å². The van der Waals surface area contributed by atoms with Crippen LogP contribution in [0.15, 0.2) is 6.20 Å². The quantitative estimate of drug-likeness (QED) is 0.721. The summed E-state index contributed by atoms with van der Waals surface area (Å²) in [6, 6.07) is 2.24. The van der Waals surface area contributed by atoms with Gasteiger partial charge in [0.25, 0.3) is 5.91 Å². The molecule has 6 heteroatoms. The van der Waals surface area contributed by atoms with Crippen LogP contribution < -0.4 is 0 Å². The molecule has 0 radical (unpaired) electrons. The van der Waals surface area contributed by atoms with Crippen molar-refractivity contribution in [2.45, 2.75) is 31.7 Å². The lowest BCUT2D eigenvalue weighted by atomic mass is 10.2. The van der Waals surface area contributed by atoms with E-state index in [1.54, 1.807) is 18.1 Å². The molecule has 1 heterocycles. The molecular formula is C11H15N5O. The predicted octanol–water partition coefficient (Wildman–Crippen LogP) is 0.723. The first-order valence-electron chi connectivity index (χ1n) is 5.76. The maximum absolute atomic E-state index is 12.2. The van der Waals surface area contributed by atoms with Crippen LogP contribution in [-0.4, -0.2) is 38.4 Å². The number of aryl methyl sites for hydroxylation is 1. The highest BCUT2D eigenvalue weighted by Gasteiger charge is 2.28. The highest BCUT2D eigenvalue weighted by Crippen LogP contribution is 2.24. The molecule has 1 fully saturated rings. The molecule has 1 aromatic rings. The maximum Gasteiger partial charge on any atom is 0.277 e. The Kier molecular flexibility index (Phi) is 3.38. The number of nitrogens with zero attached hydrogens (tertiary/aromatic N) is 5. The molecule has 0 saturated heterocycles. The van der Waals surface area contributed by atoms with E-state index in [1.807, 2.05) is 0 Å². The van der Waals surface area contributed by atoms with E-state index in [0.29, 0.717) is 5.69 Å². The van der Waals surface area contributed by atoms with E-state index in [0.717, 1.165) is 25.7 Å². The average Bonchev–Trinajstić information content (AvgIpc) is 2.95. The van der Waals surface area contributed by atoms with Gasteiger partial charge in [-0.15, -0.1) is 5.10 Å². The Hall–Kier alpha value is -1.90. The SMILES string of the molecule is Cn1cc(C(=O)N(CC#N)C2CCCC2)nn1. The van der Waals surface area contributed by atoms with E-state index in [-0.39, 0.29) is 18.5 Å². The zero-order valence-corrected chi connectivity index (χ0v) is 9.83. The molecule has 0 atom stereocenters. The van der Waals surface area contributed by atoms with Gasteiger partial charge in [0.1, 0.15) is 6.54 Å². The number of amides is 1. The zero-order chi connectivity index (χ0) is 12.3. The maximum atomic E-state index is 12.2. The predicted molar refractivity (Wildman–Crippen MR) is 59.9 cm³/mol. The van der Waals surface area contributed by atoms with Gasteiger partial charge in [-0.1, -0.05) is 18.1 Å². The molecule has 0 N–H and O–H groups in total. The van der Waals surface area contributed by atoms with Crippen LogP contribution in [0.1, 0.15) is 36.2 Å². The van der Waals surface area contributed by atoms with Crippen molar-refractivity contribution in [3.05, 3.63) is 11.9 Å². The molecule has 1 aliphatic carbocycles. The molecule has 2 rings (SSSR count). The Balaban J connectivity index is 2.15. The minimum atomic E-state index is -0.188. The lowest BCUT2D eigenvalue weighted by Gasteiger charge is -2.25. The number of carbonyl (C=O) groups is 1. The molecule has 0 bridgehead atoms. The average molecular weight is 233 g/mol. The van der Waals surface area contributed by atoms with Crippen LogP contribution in [0.4, 0.5) is 0 Å². The Morgan fingerprint density at radius 1 is 1.65 bits per heavy atom. The fourth-order valence-corrected chi connectivity index (χ4v) is 2.25. The van der Waals surface area contributed by atoms with Crippen molar-refractivity contribution >= 4 is 5.91 Å². The summed E-state index contributed by atoms with van der Waals surface area (Å²) in [6.07, 6.45) is 5.80. The molecule has 90 valence electrons. The minimum Gasteiger partial charge on any atom is -0.321 e. The summed E-state index contributed by atoms with van der Waals surface area (Å²) >= 11 is 0. The molecule has 1 amide bonds. The first-order chi connectivity index (χ1) is 8.22. The summed E-state index contributed by atoms with van der Waals surface area (Å²) in [4.78, 5) is 13.8. The van der Waals surface area contributed by atoms with Gasteiger partial charge in [0, 0.05) is 13.1 Å². The monoisotopic (exact) mass is 233 g/mol. The van der Waals surface area contributed by atoms with Crippen molar-refractivity contribution in [1.82, 2.24) is 19.9 Å². The summed E-state index contributed by atoms with van der Waals surface area (Å²) in [5, 5.41) is 16.4. The Morgan fingerprint density at radius 3 is 2.88 bits per heavy atom. The van der Waals surface area contributed by atoms with Gasteiger partial charge in [-0.25, -0.2) is 0 Å². The highest BCUT2D eigenvalue weighted by molar-refractivity contribution is 5.92. The van der Waals surface area contributed by atoms with E-state index in [4.69, 9.17) is 5.26 Å². The van der Waals surface area contributed by atoms with E-state index in [9.17, 15) is 4.79 Å². The fraction of sp³-hybridized carbons (Fsp3) is 0.636. The second kappa shape index (κ2) is 4.95. The summed E-state index contributed by atoms with van der Waals surface area (Å²) in [6.45, 7) is 0.125. The lowest BCUT2D eigenvalue weighted by Crippen LogP contribution is -2.39. The number of hydrogen-bond donors (Lipinski definition) is 0. The molecule has 6 nitrogen and oxygen atoms in total. The van der Waals surface area contributed by atoms with Crippen LogP contribution in [0, 0.1) is 11.3 Å². The van der Waals surface area contributed by atoms with Crippen LogP contribution in [-0.2, 0) is 7.05 Å². The summed E-state index contributed by atoms with van der Waals surface area (Å²) in [5.74, 6) is -0.188. The van der Waals surface area contributed by atoms with Crippen LogP contribution >= 0.6 is 0 Å². The summed E-state index contributed by atoms with van der Waals surface area (Å²) < 4.78 is 1.49. The summed E-state index contributed by atoms with van der Waals surface area (Å²) in [5.41, 5.74) is 0.314. The molecule has 17 heavy (non-hydrogen) atoms. The molecule has 0 aliphatic heterocycles. The van der Waals surface area contributed by atoms with Crippen molar-refractivity contribution in [2.24, 2.45) is 7.05 Å². The van der Waals surface area contributed by atoms with Crippen LogP contribution in [0.2, 0.25) is 0 Å². The number of carbonyl (C=O) groups excluding carboxylic acids is 1. The lowest BCUT2D eigenvalue weighted by molar-refractivity contribution is 0.0703. The Morgan fingerprint density at radius 2 is 2.35 bits per heavy atom. The highest BCUT2D eigenvalue weighted by atomic mass is 16.2. The largest absolute Gasteiger partial charge is 0.321 e. The van der Waals surface area contributed by atoms with Crippen molar-refractivity contribution < 1.29 is 4.79 Å². The number of aromatic nitrogens is 3. The third-order valence-corrected chi connectivity index (χ3v) is 3.09. The Labute approximate surface area is 99.8 Å². The zero-order valence-electron chi connectivity index (χ0n) is 9.83. The standard InChI is InChI=1S/C11H15N5O/c1-15-8-10(13-14-15)11(17)16(7-6-12)9-4-2-3-5-9/h8-9H,2-5,7H2,1H3. The van der Waals surface area contributed by atoms with E-state index in [2.05, 4.69) is 16.4 Å². The van der Waals surface area contributed by atoms with Gasteiger partial charge in [-0.2, -0.15) is 5.26 Å². The first-order valence-corrected chi connectivity index (χ1v) is 5.76. The van der Waals surface area contributed by atoms with Gasteiger partial charge in [0.2, 0.25) is 0 Å². The fourth-order valence-electron chi connectivity index (χ4n) is 2.25. The number of hydrogen-bond acceptors (Lipinski definition) is 4. The molecule has 1 aromatic heterocycles. The van der Waals surface area contributed by atoms with Gasteiger partial charge < -0.3 is 4.90 Å². The normalized spacial score (nSPS) is 15.8. The number of nitriles is 1. The third kappa shape index (κ3) is 2.44. The van der Waals surface area contributed by atoms with Crippen LogP contribution in [0.3, 0.4) is 0 Å². The molecule has 0 unspecified atom stereocenters. The Bertz CT molecular complexity index is 441. The van der Waals surface area contributed by atoms with Crippen LogP contribution in [0.25, 0.3) is 0 Å². The van der Waals surface area contributed by atoms with Crippen molar-refractivity contribution in [3.8, 4) is 6.07 Å². The van der Waals surface area contributed by atoms with Crippen molar-refractivity contribution in [1.29, 1.82) is 5.26 Å².